The third kappa shape index (κ3) is 4.47. The molecule has 0 unspecified atom stereocenters. The molecule has 4 heterocycles. The summed E-state index contributed by atoms with van der Waals surface area (Å²) in [6.45, 7) is 0. The Kier molecular flexibility index (Phi) is 6.10. The van der Waals surface area contributed by atoms with Crippen LogP contribution >= 0.6 is 0 Å². The number of benzene rings is 5. The predicted octanol–water partition coefficient (Wildman–Crippen LogP) is 10.5. The Bertz CT molecular complexity index is 2570. The third-order valence-electron chi connectivity index (χ3n) is 8.70. The van der Waals surface area contributed by atoms with Crippen LogP contribution < -0.4 is 0 Å². The van der Waals surface area contributed by atoms with Crippen molar-refractivity contribution in [3.63, 3.8) is 0 Å². The fourth-order valence-electron chi connectivity index (χ4n) is 6.42. The van der Waals surface area contributed by atoms with Crippen molar-refractivity contribution in [2.75, 3.05) is 0 Å². The molecule has 0 fully saturated rings. The molecule has 0 bridgehead atoms. The van der Waals surface area contributed by atoms with Gasteiger partial charge in [0.05, 0.1) is 39.3 Å². The van der Waals surface area contributed by atoms with E-state index in [2.05, 4.69) is 120 Å². The Hall–Kier alpha value is -6.26. The van der Waals surface area contributed by atoms with E-state index in [1.165, 1.54) is 21.9 Å². The van der Waals surface area contributed by atoms with Gasteiger partial charge in [-0.25, -0.2) is 15.0 Å². The minimum Gasteiger partial charge on any atom is -0.255 e. The lowest BCUT2D eigenvalue weighted by Crippen LogP contribution is -1.93. The van der Waals surface area contributed by atoms with Gasteiger partial charge in [-0.3, -0.25) is 4.98 Å². The van der Waals surface area contributed by atoms with Crippen molar-refractivity contribution in [2.24, 2.45) is 0 Å². The number of fused-ring (bicyclic) bond motifs is 5. The smallest absolute Gasteiger partial charge is 0.0978 e. The van der Waals surface area contributed by atoms with Gasteiger partial charge in [-0.15, -0.1) is 0 Å². The van der Waals surface area contributed by atoms with Gasteiger partial charge < -0.3 is 0 Å². The molecule has 0 aliphatic heterocycles. The Morgan fingerprint density at radius 1 is 0.348 bits per heavy atom. The first kappa shape index (κ1) is 26.2. The van der Waals surface area contributed by atoms with Crippen LogP contribution in [0.5, 0.6) is 0 Å². The maximum atomic E-state index is 5.23. The second-order valence-corrected chi connectivity index (χ2v) is 11.5. The molecule has 9 aromatic rings. The van der Waals surface area contributed by atoms with Crippen LogP contribution in [0.15, 0.2) is 158 Å². The largest absolute Gasteiger partial charge is 0.255 e. The van der Waals surface area contributed by atoms with Gasteiger partial charge in [-0.1, -0.05) is 109 Å². The van der Waals surface area contributed by atoms with Crippen molar-refractivity contribution in [1.29, 1.82) is 0 Å². The molecular formula is C42H26N4. The summed E-state index contributed by atoms with van der Waals surface area (Å²) in [4.78, 5) is 19.8. The van der Waals surface area contributed by atoms with Crippen LogP contribution in [0.3, 0.4) is 0 Å². The number of nitrogens with zero attached hydrogens (tertiary/aromatic N) is 4. The molecule has 0 atom stereocenters. The van der Waals surface area contributed by atoms with Gasteiger partial charge in [0.15, 0.2) is 0 Å². The summed E-state index contributed by atoms with van der Waals surface area (Å²) in [5, 5.41) is 5.75. The monoisotopic (exact) mass is 586 g/mol. The van der Waals surface area contributed by atoms with E-state index >= 15 is 0 Å². The maximum absolute atomic E-state index is 5.23. The molecule has 0 saturated heterocycles. The highest BCUT2D eigenvalue weighted by Gasteiger charge is 2.15. The molecule has 0 spiro atoms. The minimum atomic E-state index is 0.855. The van der Waals surface area contributed by atoms with Crippen molar-refractivity contribution in [3.8, 4) is 45.0 Å². The molecule has 0 radical (unpaired) electrons. The maximum Gasteiger partial charge on any atom is 0.0978 e. The van der Waals surface area contributed by atoms with E-state index in [1.54, 1.807) is 6.20 Å². The van der Waals surface area contributed by atoms with E-state index < -0.39 is 0 Å². The van der Waals surface area contributed by atoms with Gasteiger partial charge in [-0.2, -0.15) is 0 Å². The van der Waals surface area contributed by atoms with E-state index in [0.29, 0.717) is 0 Å². The molecule has 0 aliphatic carbocycles. The number of aromatic nitrogens is 4. The average Bonchev–Trinajstić information content (AvgIpc) is 3.14. The standard InChI is InChI=1S/C42H26N4/c1-2-9-31-26-32(20-15-27(31)8-1)40-33-10-3-4-11-37(33)46-42-34(40)23-21-30-22-24-36(45-41(30)42)29-18-16-28(17-19-29)35-13-7-14-39(44-35)38-12-5-6-25-43-38/h1-26H. The van der Waals surface area contributed by atoms with Gasteiger partial charge in [0.1, 0.15) is 0 Å². The average molecular weight is 587 g/mol. The van der Waals surface area contributed by atoms with Gasteiger partial charge in [0, 0.05) is 39.0 Å². The van der Waals surface area contributed by atoms with E-state index in [4.69, 9.17) is 15.0 Å². The minimum absolute atomic E-state index is 0.855. The van der Waals surface area contributed by atoms with Gasteiger partial charge >= 0.3 is 0 Å². The molecule has 46 heavy (non-hydrogen) atoms. The Morgan fingerprint density at radius 3 is 1.87 bits per heavy atom. The zero-order valence-electron chi connectivity index (χ0n) is 24.8. The van der Waals surface area contributed by atoms with Crippen LogP contribution in [0.1, 0.15) is 0 Å². The van der Waals surface area contributed by atoms with Gasteiger partial charge in [0.2, 0.25) is 0 Å². The summed E-state index contributed by atoms with van der Waals surface area (Å²) in [7, 11) is 0. The van der Waals surface area contributed by atoms with Crippen molar-refractivity contribution < 1.29 is 0 Å². The summed E-state index contributed by atoms with van der Waals surface area (Å²) in [5.74, 6) is 0. The first-order valence-electron chi connectivity index (χ1n) is 15.4. The zero-order chi connectivity index (χ0) is 30.5. The third-order valence-corrected chi connectivity index (χ3v) is 8.70. The SMILES string of the molecule is c1ccc(-c2cccc(-c3ccc(-c4ccc5ccc6c(-c7ccc8ccccc8c7)c7ccccc7nc6c5n4)cc3)n2)nc1. The highest BCUT2D eigenvalue weighted by Crippen LogP contribution is 2.38. The number of para-hydroxylation sites is 1. The van der Waals surface area contributed by atoms with Crippen LogP contribution in [0.25, 0.3) is 88.5 Å². The molecule has 0 saturated carbocycles. The van der Waals surface area contributed by atoms with E-state index in [0.717, 1.165) is 66.6 Å². The molecule has 5 aromatic carbocycles. The lowest BCUT2D eigenvalue weighted by molar-refractivity contribution is 1.25. The van der Waals surface area contributed by atoms with Gasteiger partial charge in [0.25, 0.3) is 0 Å². The fourth-order valence-corrected chi connectivity index (χ4v) is 6.42. The van der Waals surface area contributed by atoms with Gasteiger partial charge in [-0.05, 0) is 58.8 Å². The Morgan fingerprint density at radius 2 is 1.02 bits per heavy atom. The fraction of sp³-hybridized carbons (Fsp3) is 0. The normalized spacial score (nSPS) is 11.5. The Labute approximate surface area is 265 Å². The number of hydrogen-bond donors (Lipinski definition) is 0. The van der Waals surface area contributed by atoms with Crippen LogP contribution in [0, 0.1) is 0 Å². The molecule has 0 N–H and O–H groups in total. The molecular weight excluding hydrogens is 560 g/mol. The lowest BCUT2D eigenvalue weighted by atomic mass is 9.93. The molecule has 9 rings (SSSR count). The highest BCUT2D eigenvalue weighted by molar-refractivity contribution is 6.16. The quantitative estimate of drug-likeness (QED) is 0.152. The molecule has 0 aliphatic rings. The summed E-state index contributed by atoms with van der Waals surface area (Å²) in [5.41, 5.74) is 10.7. The summed E-state index contributed by atoms with van der Waals surface area (Å²) >= 11 is 0. The predicted molar refractivity (Wildman–Crippen MR) is 189 cm³/mol. The lowest BCUT2D eigenvalue weighted by Gasteiger charge is -2.14. The van der Waals surface area contributed by atoms with Crippen LogP contribution in [0.4, 0.5) is 0 Å². The first-order valence-corrected chi connectivity index (χ1v) is 15.4. The van der Waals surface area contributed by atoms with Crippen molar-refractivity contribution in [1.82, 2.24) is 19.9 Å². The highest BCUT2D eigenvalue weighted by atomic mass is 14.8. The van der Waals surface area contributed by atoms with Crippen molar-refractivity contribution in [2.45, 2.75) is 0 Å². The first-order chi connectivity index (χ1) is 22.8. The van der Waals surface area contributed by atoms with Crippen LogP contribution in [0.2, 0.25) is 0 Å². The summed E-state index contributed by atoms with van der Waals surface area (Å²) in [6.07, 6.45) is 1.79. The van der Waals surface area contributed by atoms with E-state index in [-0.39, 0.29) is 0 Å². The van der Waals surface area contributed by atoms with E-state index in [9.17, 15) is 0 Å². The van der Waals surface area contributed by atoms with Crippen LogP contribution in [-0.2, 0) is 0 Å². The second kappa shape index (κ2) is 10.7. The van der Waals surface area contributed by atoms with Crippen LogP contribution in [-0.4, -0.2) is 19.9 Å². The van der Waals surface area contributed by atoms with Crippen molar-refractivity contribution in [3.05, 3.63) is 158 Å². The Balaban J connectivity index is 1.17. The number of rotatable bonds is 4. The molecule has 4 aromatic heterocycles. The van der Waals surface area contributed by atoms with Crippen molar-refractivity contribution >= 4 is 43.5 Å². The topological polar surface area (TPSA) is 51.6 Å². The molecule has 214 valence electrons. The number of pyridine rings is 4. The zero-order valence-corrected chi connectivity index (χ0v) is 24.8. The molecule has 4 heteroatoms. The summed E-state index contributed by atoms with van der Waals surface area (Å²) < 4.78 is 0. The summed E-state index contributed by atoms with van der Waals surface area (Å²) in [6, 6.07) is 52.6. The number of hydrogen-bond acceptors (Lipinski definition) is 4. The molecule has 4 nitrogen and oxygen atoms in total. The second-order valence-electron chi connectivity index (χ2n) is 11.5. The molecule has 0 amide bonds. The van der Waals surface area contributed by atoms with E-state index in [1.807, 2.05) is 36.4 Å².